The summed E-state index contributed by atoms with van der Waals surface area (Å²) in [6.45, 7) is 3.08. The standard InChI is InChI=1S/C14H14N2S/c1-2-11-4-3-5-12-6-8-16(14(11)12)10-13-15-7-9-17-13/h3-9H,2,10H2,1H3. The Morgan fingerprint density at radius 1 is 1.29 bits per heavy atom. The molecular formula is C14H14N2S. The van der Waals surface area contributed by atoms with E-state index in [0.717, 1.165) is 18.0 Å². The molecule has 0 aliphatic rings. The highest BCUT2D eigenvalue weighted by Gasteiger charge is 2.06. The number of rotatable bonds is 3. The van der Waals surface area contributed by atoms with Crippen LogP contribution < -0.4 is 0 Å². The van der Waals surface area contributed by atoms with Crippen molar-refractivity contribution in [1.82, 2.24) is 9.55 Å². The van der Waals surface area contributed by atoms with Gasteiger partial charge in [0.05, 0.1) is 12.1 Å². The van der Waals surface area contributed by atoms with Crippen LogP contribution in [-0.2, 0) is 13.0 Å². The number of fused-ring (bicyclic) bond motifs is 1. The summed E-state index contributed by atoms with van der Waals surface area (Å²) in [5.41, 5.74) is 2.76. The van der Waals surface area contributed by atoms with Crippen LogP contribution in [0.3, 0.4) is 0 Å². The smallest absolute Gasteiger partial charge is 0.112 e. The maximum atomic E-state index is 4.35. The average molecular weight is 242 g/mol. The lowest BCUT2D eigenvalue weighted by Gasteiger charge is -2.07. The molecule has 2 aromatic heterocycles. The first-order valence-corrected chi connectivity index (χ1v) is 6.71. The van der Waals surface area contributed by atoms with E-state index >= 15 is 0 Å². The molecule has 0 atom stereocenters. The summed E-state index contributed by atoms with van der Waals surface area (Å²) in [6.07, 6.45) is 5.09. The predicted molar refractivity (Wildman–Crippen MR) is 72.5 cm³/mol. The molecular weight excluding hydrogens is 228 g/mol. The van der Waals surface area contributed by atoms with Gasteiger partial charge in [0.1, 0.15) is 5.01 Å². The summed E-state index contributed by atoms with van der Waals surface area (Å²) >= 11 is 1.71. The van der Waals surface area contributed by atoms with Gasteiger partial charge in [-0.15, -0.1) is 11.3 Å². The summed E-state index contributed by atoms with van der Waals surface area (Å²) in [7, 11) is 0. The van der Waals surface area contributed by atoms with Crippen LogP contribution in [0.1, 0.15) is 17.5 Å². The molecule has 0 aliphatic heterocycles. The molecule has 86 valence electrons. The number of aromatic nitrogens is 2. The largest absolute Gasteiger partial charge is 0.340 e. The maximum Gasteiger partial charge on any atom is 0.112 e. The molecule has 0 amide bonds. The lowest BCUT2D eigenvalue weighted by atomic mass is 10.1. The highest BCUT2D eigenvalue weighted by molar-refractivity contribution is 7.09. The van der Waals surface area contributed by atoms with E-state index in [1.807, 2.05) is 11.6 Å². The van der Waals surface area contributed by atoms with Gasteiger partial charge in [0.15, 0.2) is 0 Å². The molecule has 0 aliphatic carbocycles. The van der Waals surface area contributed by atoms with Gasteiger partial charge in [0.2, 0.25) is 0 Å². The highest BCUT2D eigenvalue weighted by atomic mass is 32.1. The van der Waals surface area contributed by atoms with Crippen LogP contribution in [0, 0.1) is 0 Å². The Kier molecular flexibility index (Phi) is 2.69. The van der Waals surface area contributed by atoms with Crippen LogP contribution in [-0.4, -0.2) is 9.55 Å². The molecule has 3 rings (SSSR count). The topological polar surface area (TPSA) is 17.8 Å². The van der Waals surface area contributed by atoms with Crippen LogP contribution in [0.25, 0.3) is 10.9 Å². The van der Waals surface area contributed by atoms with E-state index in [9.17, 15) is 0 Å². The molecule has 0 fully saturated rings. The fourth-order valence-corrected chi connectivity index (χ4v) is 2.85. The number of aryl methyl sites for hydroxylation is 1. The van der Waals surface area contributed by atoms with Crippen LogP contribution >= 0.6 is 11.3 Å². The Morgan fingerprint density at radius 3 is 3.00 bits per heavy atom. The third-order valence-electron chi connectivity index (χ3n) is 3.04. The lowest BCUT2D eigenvalue weighted by Crippen LogP contribution is -1.99. The van der Waals surface area contributed by atoms with Gasteiger partial charge in [-0.3, -0.25) is 0 Å². The molecule has 0 bridgehead atoms. The number of benzene rings is 1. The minimum Gasteiger partial charge on any atom is -0.340 e. The van der Waals surface area contributed by atoms with Crippen LogP contribution in [0.4, 0.5) is 0 Å². The Balaban J connectivity index is 2.10. The molecule has 1 aromatic carbocycles. The third-order valence-corrected chi connectivity index (χ3v) is 3.81. The fourth-order valence-electron chi connectivity index (χ4n) is 2.23. The summed E-state index contributed by atoms with van der Waals surface area (Å²) in [5, 5.41) is 4.51. The normalized spacial score (nSPS) is 11.1. The van der Waals surface area contributed by atoms with Gasteiger partial charge in [-0.25, -0.2) is 4.98 Å². The molecule has 0 radical (unpaired) electrons. The van der Waals surface area contributed by atoms with Gasteiger partial charge in [-0.05, 0) is 23.4 Å². The van der Waals surface area contributed by atoms with Crippen LogP contribution in [0.15, 0.2) is 42.0 Å². The van der Waals surface area contributed by atoms with Gasteiger partial charge < -0.3 is 4.57 Å². The first kappa shape index (κ1) is 10.5. The van der Waals surface area contributed by atoms with Gasteiger partial charge in [-0.1, -0.05) is 25.1 Å². The number of thiazole rings is 1. The zero-order valence-electron chi connectivity index (χ0n) is 9.76. The van der Waals surface area contributed by atoms with Crippen molar-refractivity contribution in [2.24, 2.45) is 0 Å². The van der Waals surface area contributed by atoms with Gasteiger partial charge in [0, 0.05) is 17.8 Å². The van der Waals surface area contributed by atoms with Crippen molar-refractivity contribution in [3.63, 3.8) is 0 Å². The molecule has 3 aromatic rings. The second-order valence-electron chi connectivity index (χ2n) is 4.08. The molecule has 0 unspecified atom stereocenters. The minimum atomic E-state index is 0.873. The summed E-state index contributed by atoms with van der Waals surface area (Å²) in [4.78, 5) is 4.35. The minimum absolute atomic E-state index is 0.873. The first-order valence-electron chi connectivity index (χ1n) is 5.83. The Morgan fingerprint density at radius 2 is 2.24 bits per heavy atom. The number of hydrogen-bond donors (Lipinski definition) is 0. The van der Waals surface area contributed by atoms with E-state index in [-0.39, 0.29) is 0 Å². The van der Waals surface area contributed by atoms with Gasteiger partial charge in [0.25, 0.3) is 0 Å². The fraction of sp³-hybridized carbons (Fsp3) is 0.214. The van der Waals surface area contributed by atoms with E-state index in [4.69, 9.17) is 0 Å². The Labute approximate surface area is 105 Å². The zero-order valence-corrected chi connectivity index (χ0v) is 10.6. The lowest BCUT2D eigenvalue weighted by molar-refractivity contribution is 0.823. The quantitative estimate of drug-likeness (QED) is 0.684. The third kappa shape index (κ3) is 1.87. The first-order chi connectivity index (χ1) is 8.38. The molecule has 0 saturated carbocycles. The molecule has 2 nitrogen and oxygen atoms in total. The SMILES string of the molecule is CCc1cccc2ccn(Cc3nccs3)c12. The number of nitrogens with zero attached hydrogens (tertiary/aromatic N) is 2. The summed E-state index contributed by atoms with van der Waals surface area (Å²) < 4.78 is 2.30. The molecule has 0 N–H and O–H groups in total. The highest BCUT2D eigenvalue weighted by Crippen LogP contribution is 2.22. The maximum absolute atomic E-state index is 4.35. The van der Waals surface area contributed by atoms with E-state index in [1.54, 1.807) is 11.3 Å². The van der Waals surface area contributed by atoms with Crippen molar-refractivity contribution < 1.29 is 0 Å². The number of hydrogen-bond acceptors (Lipinski definition) is 2. The van der Waals surface area contributed by atoms with Crippen molar-refractivity contribution in [3.05, 3.63) is 52.6 Å². The van der Waals surface area contributed by atoms with Crippen molar-refractivity contribution in [1.29, 1.82) is 0 Å². The van der Waals surface area contributed by atoms with E-state index in [2.05, 4.69) is 46.9 Å². The molecule has 2 heterocycles. The molecule has 0 spiro atoms. The predicted octanol–water partition coefficient (Wildman–Crippen LogP) is 3.71. The number of para-hydroxylation sites is 1. The van der Waals surface area contributed by atoms with E-state index in [1.165, 1.54) is 16.5 Å². The van der Waals surface area contributed by atoms with Crippen molar-refractivity contribution in [2.75, 3.05) is 0 Å². The van der Waals surface area contributed by atoms with Crippen LogP contribution in [0.5, 0.6) is 0 Å². The zero-order chi connectivity index (χ0) is 11.7. The summed E-state index contributed by atoms with van der Waals surface area (Å²) in [6, 6.07) is 8.70. The molecule has 3 heteroatoms. The van der Waals surface area contributed by atoms with Gasteiger partial charge in [-0.2, -0.15) is 0 Å². The van der Waals surface area contributed by atoms with Gasteiger partial charge >= 0.3 is 0 Å². The summed E-state index contributed by atoms with van der Waals surface area (Å²) in [5.74, 6) is 0. The average Bonchev–Trinajstić information content (AvgIpc) is 2.99. The second-order valence-corrected chi connectivity index (χ2v) is 5.06. The van der Waals surface area contributed by atoms with Crippen LogP contribution in [0.2, 0.25) is 0 Å². The van der Waals surface area contributed by atoms with E-state index < -0.39 is 0 Å². The second kappa shape index (κ2) is 4.34. The van der Waals surface area contributed by atoms with Crippen molar-refractivity contribution in [2.45, 2.75) is 19.9 Å². The molecule has 17 heavy (non-hydrogen) atoms. The molecule has 0 saturated heterocycles. The van der Waals surface area contributed by atoms with Crippen molar-refractivity contribution in [3.8, 4) is 0 Å². The van der Waals surface area contributed by atoms with Crippen molar-refractivity contribution >= 4 is 22.2 Å². The Hall–Kier alpha value is -1.61. The van der Waals surface area contributed by atoms with E-state index in [0.29, 0.717) is 0 Å². The monoisotopic (exact) mass is 242 g/mol. The Bertz CT molecular complexity index is 623.